The zero-order valence-electron chi connectivity index (χ0n) is 27.8. The normalized spacial score (nSPS) is 15.3. The van der Waals surface area contributed by atoms with Crippen molar-refractivity contribution in [3.63, 3.8) is 0 Å². The first-order chi connectivity index (χ1) is 22.6. The Morgan fingerprint density at radius 2 is 1.35 bits per heavy atom. The second-order valence-corrected chi connectivity index (χ2v) is 13.7. The molecular formula is C36H40N4O8. The number of hydrogen-bond acceptors (Lipinski definition) is 8. The van der Waals surface area contributed by atoms with Crippen molar-refractivity contribution in [1.29, 1.82) is 0 Å². The number of aliphatic carboxylic acids is 1. The zero-order chi connectivity index (χ0) is 34.8. The van der Waals surface area contributed by atoms with Crippen LogP contribution in [0.5, 0.6) is 0 Å². The number of nitrogens with zero attached hydrogens (tertiary/aromatic N) is 2. The molecule has 1 atom stereocenters. The van der Waals surface area contributed by atoms with Crippen LogP contribution in [0.3, 0.4) is 0 Å². The van der Waals surface area contributed by atoms with Gasteiger partial charge in [-0.25, -0.2) is 24.2 Å². The molecule has 0 saturated heterocycles. The molecule has 0 fully saturated rings. The van der Waals surface area contributed by atoms with Gasteiger partial charge >= 0.3 is 24.2 Å². The van der Waals surface area contributed by atoms with Crippen LogP contribution in [-0.2, 0) is 32.0 Å². The van der Waals surface area contributed by atoms with E-state index in [1.54, 1.807) is 59.7 Å². The number of carbonyl (C=O) groups excluding carboxylic acids is 3. The van der Waals surface area contributed by atoms with E-state index in [9.17, 15) is 24.3 Å². The van der Waals surface area contributed by atoms with Gasteiger partial charge in [0.1, 0.15) is 23.9 Å². The molecule has 12 nitrogen and oxygen atoms in total. The van der Waals surface area contributed by atoms with Crippen molar-refractivity contribution in [3.05, 3.63) is 89.0 Å². The van der Waals surface area contributed by atoms with Crippen molar-refractivity contribution in [2.75, 3.05) is 6.61 Å². The molecule has 48 heavy (non-hydrogen) atoms. The van der Waals surface area contributed by atoms with Gasteiger partial charge in [0.05, 0.1) is 12.2 Å². The Hall–Kier alpha value is -5.39. The quantitative estimate of drug-likeness (QED) is 0.164. The standard InChI is InChI=1S/C36H40N4O8/c1-35(2,3)47-32(43)38-31(39-33(44)48-36(4,5)6)37-23-16-15-21-19-40(29(30(41)42)18-22(21)17-23)34(45)46-20-28-26-13-9-7-11-24(26)25-12-8-10-14-27(25)28/h7-17,28-29H,18-20H2,1-6H3,(H,41,42)(H2,37,38,39,43,44). The number of benzene rings is 3. The number of carboxylic acid groups (broad SMARTS) is 1. The lowest BCUT2D eigenvalue weighted by atomic mass is 9.93. The minimum atomic E-state index is -1.19. The number of ether oxygens (including phenoxy) is 3. The SMILES string of the molecule is CC(C)(C)OC(=O)NC(=Nc1ccc2c(c1)CC(C(=O)O)N(C(=O)OCC1c3ccccc3-c3ccccc31)C2)NC(=O)OC(C)(C)C. The zero-order valence-corrected chi connectivity index (χ0v) is 27.8. The molecule has 1 heterocycles. The van der Waals surface area contributed by atoms with E-state index in [2.05, 4.69) is 15.6 Å². The Labute approximate surface area is 279 Å². The van der Waals surface area contributed by atoms with E-state index in [1.165, 1.54) is 4.90 Å². The molecule has 3 aromatic rings. The third-order valence-corrected chi connectivity index (χ3v) is 7.66. The largest absolute Gasteiger partial charge is 0.480 e. The van der Waals surface area contributed by atoms with E-state index in [0.717, 1.165) is 22.3 Å². The summed E-state index contributed by atoms with van der Waals surface area (Å²) in [5.41, 5.74) is 4.34. The van der Waals surface area contributed by atoms with Crippen LogP contribution in [0.1, 0.15) is 69.7 Å². The van der Waals surface area contributed by atoms with E-state index < -0.39 is 41.5 Å². The van der Waals surface area contributed by atoms with Gasteiger partial charge in [-0.1, -0.05) is 54.6 Å². The number of hydrogen-bond donors (Lipinski definition) is 3. The van der Waals surface area contributed by atoms with E-state index in [1.807, 2.05) is 48.5 Å². The highest BCUT2D eigenvalue weighted by molar-refractivity contribution is 6.02. The summed E-state index contributed by atoms with van der Waals surface area (Å²) in [4.78, 5) is 56.5. The molecule has 2 aliphatic rings. The maximum atomic E-state index is 13.4. The van der Waals surface area contributed by atoms with E-state index in [4.69, 9.17) is 14.2 Å². The van der Waals surface area contributed by atoms with Crippen LogP contribution in [0.2, 0.25) is 0 Å². The number of alkyl carbamates (subject to hydrolysis) is 2. The van der Waals surface area contributed by atoms with E-state index in [0.29, 0.717) is 16.8 Å². The molecule has 3 aromatic carbocycles. The topological polar surface area (TPSA) is 156 Å². The monoisotopic (exact) mass is 656 g/mol. The van der Waals surface area contributed by atoms with Gasteiger partial charge in [-0.2, -0.15) is 0 Å². The van der Waals surface area contributed by atoms with Gasteiger partial charge in [-0.3, -0.25) is 15.5 Å². The maximum absolute atomic E-state index is 13.4. The lowest BCUT2D eigenvalue weighted by Gasteiger charge is -2.34. The number of carboxylic acids is 1. The Morgan fingerprint density at radius 1 is 0.812 bits per heavy atom. The highest BCUT2D eigenvalue weighted by Gasteiger charge is 2.37. The lowest BCUT2D eigenvalue weighted by molar-refractivity contribution is -0.143. The Bertz CT molecular complexity index is 1690. The highest BCUT2D eigenvalue weighted by atomic mass is 16.6. The molecule has 5 rings (SSSR count). The fraction of sp³-hybridized carbons (Fsp3) is 0.361. The predicted molar refractivity (Wildman–Crippen MR) is 178 cm³/mol. The van der Waals surface area contributed by atoms with Gasteiger partial charge < -0.3 is 19.3 Å². The summed E-state index contributed by atoms with van der Waals surface area (Å²) in [6, 6.07) is 19.8. The summed E-state index contributed by atoms with van der Waals surface area (Å²) in [6.07, 6.45) is -2.42. The number of nitrogens with one attached hydrogen (secondary N) is 2. The fourth-order valence-corrected chi connectivity index (χ4v) is 5.74. The van der Waals surface area contributed by atoms with Gasteiger partial charge in [-0.15, -0.1) is 0 Å². The van der Waals surface area contributed by atoms with Gasteiger partial charge in [0.2, 0.25) is 5.96 Å². The third kappa shape index (κ3) is 8.11. The average Bonchev–Trinajstić information content (AvgIpc) is 3.30. The highest BCUT2D eigenvalue weighted by Crippen LogP contribution is 2.44. The fourth-order valence-electron chi connectivity index (χ4n) is 5.74. The molecular weight excluding hydrogens is 616 g/mol. The number of aliphatic imine (C=N–C) groups is 1. The van der Waals surface area contributed by atoms with Crippen LogP contribution in [0.15, 0.2) is 71.7 Å². The first-order valence-corrected chi connectivity index (χ1v) is 15.6. The first kappa shape index (κ1) is 34.0. The van der Waals surface area contributed by atoms with Crippen molar-refractivity contribution in [3.8, 4) is 11.1 Å². The molecule has 12 heteroatoms. The number of guanidine groups is 1. The molecule has 1 aliphatic carbocycles. The molecule has 0 spiro atoms. The average molecular weight is 657 g/mol. The summed E-state index contributed by atoms with van der Waals surface area (Å²) in [5, 5.41) is 15.0. The maximum Gasteiger partial charge on any atom is 0.414 e. The summed E-state index contributed by atoms with van der Waals surface area (Å²) in [5.74, 6) is -1.59. The summed E-state index contributed by atoms with van der Waals surface area (Å²) in [7, 11) is 0. The van der Waals surface area contributed by atoms with Crippen LogP contribution in [-0.4, -0.2) is 64.1 Å². The van der Waals surface area contributed by atoms with E-state index >= 15 is 0 Å². The van der Waals surface area contributed by atoms with Crippen LogP contribution < -0.4 is 10.6 Å². The summed E-state index contributed by atoms with van der Waals surface area (Å²) >= 11 is 0. The van der Waals surface area contributed by atoms with Crippen molar-refractivity contribution in [2.24, 2.45) is 4.99 Å². The Kier molecular flexibility index (Phi) is 9.47. The number of fused-ring (bicyclic) bond motifs is 4. The van der Waals surface area contributed by atoms with Gasteiger partial charge in [-0.05, 0) is 87.1 Å². The molecule has 1 unspecified atom stereocenters. The number of carbonyl (C=O) groups is 4. The Morgan fingerprint density at radius 3 is 1.88 bits per heavy atom. The van der Waals surface area contributed by atoms with Gasteiger partial charge in [0.25, 0.3) is 0 Å². The molecule has 1 aliphatic heterocycles. The van der Waals surface area contributed by atoms with Crippen LogP contribution in [0, 0.1) is 0 Å². The van der Waals surface area contributed by atoms with Gasteiger partial charge in [0, 0.05) is 12.3 Å². The van der Waals surface area contributed by atoms with Crippen LogP contribution in [0.4, 0.5) is 20.1 Å². The second-order valence-electron chi connectivity index (χ2n) is 13.7. The van der Waals surface area contributed by atoms with Crippen LogP contribution >= 0.6 is 0 Å². The van der Waals surface area contributed by atoms with Crippen molar-refractivity contribution in [1.82, 2.24) is 15.5 Å². The van der Waals surface area contributed by atoms with Gasteiger partial charge in [0.15, 0.2) is 0 Å². The molecule has 0 aromatic heterocycles. The lowest BCUT2D eigenvalue weighted by Crippen LogP contribution is -2.49. The van der Waals surface area contributed by atoms with Crippen LogP contribution in [0.25, 0.3) is 11.1 Å². The third-order valence-electron chi connectivity index (χ3n) is 7.66. The second kappa shape index (κ2) is 13.4. The van der Waals surface area contributed by atoms with Crippen molar-refractivity contribution >= 4 is 35.9 Å². The molecule has 252 valence electrons. The number of rotatable bonds is 4. The smallest absolute Gasteiger partial charge is 0.414 e. The molecule has 3 amide bonds. The van der Waals surface area contributed by atoms with E-state index in [-0.39, 0.29) is 31.4 Å². The molecule has 0 bridgehead atoms. The van der Waals surface area contributed by atoms with Crippen molar-refractivity contribution < 1.29 is 38.5 Å². The Balaban J connectivity index is 1.34. The number of amides is 3. The molecule has 3 N–H and O–H groups in total. The minimum absolute atomic E-state index is 0.00609. The molecule has 0 saturated carbocycles. The summed E-state index contributed by atoms with van der Waals surface area (Å²) < 4.78 is 16.4. The first-order valence-electron chi connectivity index (χ1n) is 15.6. The predicted octanol–water partition coefficient (Wildman–Crippen LogP) is 6.48. The molecule has 0 radical (unpaired) electrons. The minimum Gasteiger partial charge on any atom is -0.480 e. The summed E-state index contributed by atoms with van der Waals surface area (Å²) in [6.45, 7) is 10.2. The van der Waals surface area contributed by atoms with Crippen molar-refractivity contribution in [2.45, 2.75) is 77.7 Å².